The molecule has 2 aliphatic rings. The van der Waals surface area contributed by atoms with Crippen LogP contribution in [0, 0.1) is 20.8 Å². The number of ether oxygens (including phenoxy) is 1. The Kier molecular flexibility index (Phi) is 5.24. The van der Waals surface area contributed by atoms with Crippen LogP contribution < -0.4 is 10.7 Å². The third-order valence-corrected chi connectivity index (χ3v) is 6.12. The van der Waals surface area contributed by atoms with Crippen molar-refractivity contribution in [2.45, 2.75) is 59.5 Å². The highest BCUT2D eigenvalue weighted by atomic mass is 16.5. The van der Waals surface area contributed by atoms with Crippen molar-refractivity contribution < 1.29 is 14.3 Å². The molecule has 0 bridgehead atoms. The average molecular weight is 409 g/mol. The first-order valence-corrected chi connectivity index (χ1v) is 10.3. The summed E-state index contributed by atoms with van der Waals surface area (Å²) in [5, 5.41) is 2.85. The quantitative estimate of drug-likeness (QED) is 0.844. The first kappa shape index (κ1) is 20.3. The molecule has 1 N–H and O–H groups in total. The van der Waals surface area contributed by atoms with E-state index in [1.807, 2.05) is 32.9 Å². The van der Waals surface area contributed by atoms with Crippen molar-refractivity contribution in [1.82, 2.24) is 14.8 Å². The summed E-state index contributed by atoms with van der Waals surface area (Å²) in [6, 6.07) is 6.09. The molecule has 7 nitrogen and oxygen atoms in total. The second-order valence-electron chi connectivity index (χ2n) is 8.29. The molecule has 2 amide bonds. The predicted octanol–water partition coefficient (Wildman–Crippen LogP) is 2.29. The van der Waals surface area contributed by atoms with Gasteiger partial charge in [-0.3, -0.25) is 14.4 Å². The Balaban J connectivity index is 1.63. The summed E-state index contributed by atoms with van der Waals surface area (Å²) < 4.78 is 7.48. The van der Waals surface area contributed by atoms with Gasteiger partial charge in [0.25, 0.3) is 11.8 Å². The number of amides is 2. The van der Waals surface area contributed by atoms with E-state index in [2.05, 4.69) is 11.4 Å². The molecule has 1 aromatic heterocycles. The molecule has 0 saturated carbocycles. The molecule has 1 fully saturated rings. The number of rotatable bonds is 3. The van der Waals surface area contributed by atoms with Crippen LogP contribution in [0.4, 0.5) is 0 Å². The van der Waals surface area contributed by atoms with E-state index >= 15 is 0 Å². The molecule has 1 saturated heterocycles. The molecule has 7 heteroatoms. The van der Waals surface area contributed by atoms with Crippen LogP contribution in [0.15, 0.2) is 29.2 Å². The van der Waals surface area contributed by atoms with E-state index in [1.165, 1.54) is 6.20 Å². The second-order valence-corrected chi connectivity index (χ2v) is 8.29. The van der Waals surface area contributed by atoms with Gasteiger partial charge in [-0.05, 0) is 45.2 Å². The second kappa shape index (κ2) is 7.72. The lowest BCUT2D eigenvalue weighted by Gasteiger charge is -2.44. The van der Waals surface area contributed by atoms with Gasteiger partial charge in [0.2, 0.25) is 0 Å². The number of benzene rings is 1. The van der Waals surface area contributed by atoms with Gasteiger partial charge in [0.05, 0.1) is 13.2 Å². The van der Waals surface area contributed by atoms with Gasteiger partial charge in [0.15, 0.2) is 11.7 Å². The number of fused-ring (bicyclic) bond motifs is 2. The third-order valence-electron chi connectivity index (χ3n) is 6.12. The van der Waals surface area contributed by atoms with Gasteiger partial charge in [-0.25, -0.2) is 0 Å². The normalized spacial score (nSPS) is 20.5. The molecule has 2 atom stereocenters. The minimum absolute atomic E-state index is 0.0473. The lowest BCUT2D eigenvalue weighted by molar-refractivity contribution is -0.112. The summed E-state index contributed by atoms with van der Waals surface area (Å²) >= 11 is 0. The zero-order chi connectivity index (χ0) is 21.6. The fourth-order valence-electron chi connectivity index (χ4n) is 4.35. The summed E-state index contributed by atoms with van der Waals surface area (Å²) in [4.78, 5) is 40.5. The smallest absolute Gasteiger partial charge is 0.273 e. The number of pyridine rings is 1. The summed E-state index contributed by atoms with van der Waals surface area (Å²) in [6.45, 7) is 8.95. The molecule has 4 rings (SSSR count). The van der Waals surface area contributed by atoms with Crippen molar-refractivity contribution in [3.8, 4) is 0 Å². The number of carbonyl (C=O) groups excluding carboxylic acids is 2. The Morgan fingerprint density at radius 3 is 2.73 bits per heavy atom. The highest BCUT2D eigenvalue weighted by Crippen LogP contribution is 2.27. The Labute approximate surface area is 175 Å². The van der Waals surface area contributed by atoms with Crippen LogP contribution in [-0.2, 0) is 17.8 Å². The van der Waals surface area contributed by atoms with Crippen LogP contribution in [0.3, 0.4) is 0 Å². The van der Waals surface area contributed by atoms with Crippen molar-refractivity contribution in [2.24, 2.45) is 0 Å². The van der Waals surface area contributed by atoms with E-state index in [-0.39, 0.29) is 23.7 Å². The zero-order valence-electron chi connectivity index (χ0n) is 17.8. The number of nitrogens with zero attached hydrogens (tertiary/aromatic N) is 2. The van der Waals surface area contributed by atoms with Crippen LogP contribution in [0.1, 0.15) is 56.4 Å². The van der Waals surface area contributed by atoms with Crippen LogP contribution >= 0.6 is 0 Å². The molecule has 2 aromatic rings. The highest BCUT2D eigenvalue weighted by molar-refractivity contribution is 5.98. The van der Waals surface area contributed by atoms with Crippen LogP contribution in [0.25, 0.3) is 0 Å². The molecule has 3 heterocycles. The maximum Gasteiger partial charge on any atom is 0.273 e. The number of carbonyl (C=O) groups is 2. The maximum absolute atomic E-state index is 13.1. The lowest BCUT2D eigenvalue weighted by Crippen LogP contribution is -2.57. The van der Waals surface area contributed by atoms with Crippen molar-refractivity contribution in [3.63, 3.8) is 0 Å². The standard InChI is InChI=1S/C23H27N3O4/c1-13-5-6-17(14(2)9-13)10-24-22(28)18-11-25-12-19-26(15(3)7-8-30-19)23(29)20(25)16(4)21(18)27/h5-6,9,11,15,19H,7-8,10,12H2,1-4H3,(H,24,28)/t15-,19?/m1/s1. The first-order chi connectivity index (χ1) is 14.3. The van der Waals surface area contributed by atoms with Gasteiger partial charge in [0, 0.05) is 24.3 Å². The van der Waals surface area contributed by atoms with Crippen molar-refractivity contribution in [3.05, 3.63) is 68.1 Å². The Morgan fingerprint density at radius 1 is 1.23 bits per heavy atom. The predicted molar refractivity (Wildman–Crippen MR) is 113 cm³/mol. The highest BCUT2D eigenvalue weighted by Gasteiger charge is 2.40. The maximum atomic E-state index is 13.1. The molecule has 0 spiro atoms. The molecule has 1 aromatic carbocycles. The SMILES string of the molecule is Cc1ccc(CNC(=O)c2cn3c(c(C)c2=O)C(=O)N2C(C3)OCC[C@H]2C)c(C)c1. The minimum atomic E-state index is -0.439. The summed E-state index contributed by atoms with van der Waals surface area (Å²) in [5.41, 5.74) is 3.53. The molecule has 2 aliphatic heterocycles. The molecule has 0 radical (unpaired) electrons. The van der Waals surface area contributed by atoms with Crippen molar-refractivity contribution >= 4 is 11.8 Å². The number of aromatic nitrogens is 1. The van der Waals surface area contributed by atoms with Crippen LogP contribution in [0.5, 0.6) is 0 Å². The van der Waals surface area contributed by atoms with E-state index < -0.39 is 11.3 Å². The minimum Gasteiger partial charge on any atom is -0.356 e. The zero-order valence-corrected chi connectivity index (χ0v) is 17.8. The largest absolute Gasteiger partial charge is 0.356 e. The fourth-order valence-corrected chi connectivity index (χ4v) is 4.35. The average Bonchev–Trinajstić information content (AvgIpc) is 2.69. The van der Waals surface area contributed by atoms with Gasteiger partial charge in [0.1, 0.15) is 11.3 Å². The van der Waals surface area contributed by atoms with E-state index in [9.17, 15) is 14.4 Å². The third kappa shape index (κ3) is 3.43. The van der Waals surface area contributed by atoms with Crippen LogP contribution in [0.2, 0.25) is 0 Å². The molecular weight excluding hydrogens is 382 g/mol. The Morgan fingerprint density at radius 2 is 2.00 bits per heavy atom. The first-order valence-electron chi connectivity index (χ1n) is 10.3. The number of hydrogen-bond donors (Lipinski definition) is 1. The molecule has 30 heavy (non-hydrogen) atoms. The topological polar surface area (TPSA) is 80.6 Å². The molecule has 158 valence electrons. The summed E-state index contributed by atoms with van der Waals surface area (Å²) in [5.74, 6) is -0.651. The number of nitrogens with one attached hydrogen (secondary N) is 1. The Bertz CT molecular complexity index is 1090. The van der Waals surface area contributed by atoms with E-state index in [0.717, 1.165) is 23.1 Å². The summed E-state index contributed by atoms with van der Waals surface area (Å²) in [7, 11) is 0. The molecular formula is C23H27N3O4. The molecule has 1 unspecified atom stereocenters. The van der Waals surface area contributed by atoms with E-state index in [0.29, 0.717) is 31.0 Å². The summed E-state index contributed by atoms with van der Waals surface area (Å²) in [6.07, 6.45) is 1.89. The van der Waals surface area contributed by atoms with Gasteiger partial charge >= 0.3 is 0 Å². The molecule has 0 aliphatic carbocycles. The van der Waals surface area contributed by atoms with Gasteiger partial charge in [-0.15, -0.1) is 0 Å². The fraction of sp³-hybridized carbons (Fsp3) is 0.435. The lowest BCUT2D eigenvalue weighted by atomic mass is 10.0. The number of hydrogen-bond acceptors (Lipinski definition) is 4. The van der Waals surface area contributed by atoms with Crippen molar-refractivity contribution in [2.75, 3.05) is 6.61 Å². The van der Waals surface area contributed by atoms with Gasteiger partial charge < -0.3 is 19.5 Å². The van der Waals surface area contributed by atoms with E-state index in [1.54, 1.807) is 16.4 Å². The van der Waals surface area contributed by atoms with Crippen LogP contribution in [-0.4, -0.2) is 40.2 Å². The van der Waals surface area contributed by atoms with Gasteiger partial charge in [-0.1, -0.05) is 23.8 Å². The Hall–Kier alpha value is -2.93. The monoisotopic (exact) mass is 409 g/mol. The van der Waals surface area contributed by atoms with Gasteiger partial charge in [-0.2, -0.15) is 0 Å². The van der Waals surface area contributed by atoms with Crippen molar-refractivity contribution in [1.29, 1.82) is 0 Å². The number of aryl methyl sites for hydroxylation is 2. The van der Waals surface area contributed by atoms with E-state index in [4.69, 9.17) is 4.74 Å².